The first-order valence-corrected chi connectivity index (χ1v) is 14.0. The third kappa shape index (κ3) is 5.53. The van der Waals surface area contributed by atoms with Gasteiger partial charge >= 0.3 is 0 Å². The molecule has 0 unspecified atom stereocenters. The lowest BCUT2D eigenvalue weighted by Gasteiger charge is -2.24. The molecule has 212 valence electrons. The Morgan fingerprint density at radius 1 is 1.10 bits per heavy atom. The van der Waals surface area contributed by atoms with Crippen LogP contribution in [0.1, 0.15) is 67.1 Å². The summed E-state index contributed by atoms with van der Waals surface area (Å²) in [5.41, 5.74) is 3.76. The van der Waals surface area contributed by atoms with Crippen LogP contribution in [0.4, 0.5) is 17.5 Å². The predicted molar refractivity (Wildman–Crippen MR) is 157 cm³/mol. The summed E-state index contributed by atoms with van der Waals surface area (Å²) in [5.74, 6) is 0.891. The molecule has 3 heterocycles. The number of aliphatic hydroxyl groups excluding tert-OH is 1. The molecule has 0 bridgehead atoms. The van der Waals surface area contributed by atoms with Crippen molar-refractivity contribution in [3.05, 3.63) is 83.8 Å². The van der Waals surface area contributed by atoms with Gasteiger partial charge in [0.05, 0.1) is 36.5 Å². The van der Waals surface area contributed by atoms with Crippen LogP contribution in [0.15, 0.2) is 67.1 Å². The number of benzene rings is 2. The largest absolute Gasteiger partial charge is 0.394 e. The fourth-order valence-corrected chi connectivity index (χ4v) is 5.90. The van der Waals surface area contributed by atoms with Gasteiger partial charge in [0.1, 0.15) is 5.82 Å². The van der Waals surface area contributed by atoms with Crippen LogP contribution < -0.4 is 16.0 Å². The summed E-state index contributed by atoms with van der Waals surface area (Å²) in [5, 5.41) is 34.9. The van der Waals surface area contributed by atoms with E-state index >= 15 is 0 Å². The molecule has 2 aliphatic rings. The maximum Gasteiger partial charge on any atom is 0.252 e. The molecule has 5 N–H and O–H groups in total. The molecule has 10 nitrogen and oxygen atoms in total. The predicted octanol–water partition coefficient (Wildman–Crippen LogP) is 4.51. The first-order valence-electron chi connectivity index (χ1n) is 14.0. The molecule has 1 spiro atoms. The maximum atomic E-state index is 12.6. The van der Waals surface area contributed by atoms with Crippen LogP contribution in [0, 0.1) is 0 Å². The highest BCUT2D eigenvalue weighted by atomic mass is 16.3. The molecule has 1 fully saturated rings. The number of carbonyl (C=O) groups excluding carboxylic acids is 1. The molecule has 4 aromatic rings. The van der Waals surface area contributed by atoms with Crippen LogP contribution in [-0.4, -0.2) is 48.1 Å². The van der Waals surface area contributed by atoms with Gasteiger partial charge in [0, 0.05) is 34.8 Å². The van der Waals surface area contributed by atoms with Crippen LogP contribution in [0.5, 0.6) is 0 Å². The monoisotopic (exact) mass is 553 g/mol. The van der Waals surface area contributed by atoms with E-state index in [0.29, 0.717) is 23.9 Å². The fourth-order valence-electron chi connectivity index (χ4n) is 5.90. The lowest BCUT2D eigenvalue weighted by atomic mass is 9.88. The third-order valence-electron chi connectivity index (χ3n) is 7.82. The summed E-state index contributed by atoms with van der Waals surface area (Å²) in [6, 6.07) is 15.1. The second-order valence-corrected chi connectivity index (χ2v) is 11.6. The number of aliphatic hydroxyl groups is 2. The fraction of sp³-hybridized carbons (Fsp3) is 0.355. The average Bonchev–Trinajstić information content (AvgIpc) is 3.67. The normalized spacial score (nSPS) is 16.4. The van der Waals surface area contributed by atoms with Gasteiger partial charge in [-0.05, 0) is 56.0 Å². The summed E-state index contributed by atoms with van der Waals surface area (Å²) in [6.07, 6.45) is 9.35. The summed E-state index contributed by atoms with van der Waals surface area (Å²) < 4.78 is 1.69. The van der Waals surface area contributed by atoms with E-state index in [-0.39, 0.29) is 18.1 Å². The molecule has 0 saturated heterocycles. The smallest absolute Gasteiger partial charge is 0.252 e. The maximum absolute atomic E-state index is 12.6. The van der Waals surface area contributed by atoms with Gasteiger partial charge in [-0.1, -0.05) is 43.2 Å². The number of amides is 1. The van der Waals surface area contributed by atoms with Crippen LogP contribution >= 0.6 is 0 Å². The van der Waals surface area contributed by atoms with E-state index in [0.717, 1.165) is 53.6 Å². The van der Waals surface area contributed by atoms with Crippen molar-refractivity contribution in [2.75, 3.05) is 17.2 Å². The minimum atomic E-state index is -0.920. The van der Waals surface area contributed by atoms with E-state index in [1.54, 1.807) is 30.9 Å². The van der Waals surface area contributed by atoms with Gasteiger partial charge in [0.2, 0.25) is 5.95 Å². The van der Waals surface area contributed by atoms with Crippen molar-refractivity contribution in [2.24, 2.45) is 0 Å². The number of hydrogen-bond donors (Lipinski definition) is 5. The van der Waals surface area contributed by atoms with Crippen molar-refractivity contribution >= 4 is 23.4 Å². The summed E-state index contributed by atoms with van der Waals surface area (Å²) in [4.78, 5) is 22.1. The Hall–Kier alpha value is -4.28. The lowest BCUT2D eigenvalue weighted by molar-refractivity contribution is 0.0577. The summed E-state index contributed by atoms with van der Waals surface area (Å²) >= 11 is 0. The number of aromatic nitrogens is 4. The Bertz CT molecular complexity index is 1560. The van der Waals surface area contributed by atoms with Crippen molar-refractivity contribution in [2.45, 2.75) is 63.3 Å². The molecule has 0 radical (unpaired) electrons. The minimum absolute atomic E-state index is 0.0124. The van der Waals surface area contributed by atoms with Gasteiger partial charge < -0.3 is 26.2 Å². The van der Waals surface area contributed by atoms with Crippen LogP contribution in [0.3, 0.4) is 0 Å². The molecule has 1 atom stereocenters. The Morgan fingerprint density at radius 3 is 2.61 bits per heavy atom. The van der Waals surface area contributed by atoms with E-state index in [1.165, 1.54) is 0 Å². The zero-order chi connectivity index (χ0) is 28.6. The van der Waals surface area contributed by atoms with Crippen LogP contribution in [0.25, 0.3) is 11.1 Å². The van der Waals surface area contributed by atoms with Gasteiger partial charge in [-0.25, -0.2) is 4.98 Å². The van der Waals surface area contributed by atoms with Gasteiger partial charge in [-0.2, -0.15) is 10.1 Å². The first kappa shape index (κ1) is 26.9. The second-order valence-electron chi connectivity index (χ2n) is 11.6. The number of nitrogens with zero attached hydrogens (tertiary/aromatic N) is 4. The van der Waals surface area contributed by atoms with E-state index in [1.807, 2.05) is 54.7 Å². The number of anilines is 3. The van der Waals surface area contributed by atoms with E-state index < -0.39 is 11.6 Å². The Labute approximate surface area is 238 Å². The van der Waals surface area contributed by atoms with Gasteiger partial charge in [-0.15, -0.1) is 0 Å². The van der Waals surface area contributed by atoms with Crippen molar-refractivity contribution in [3.8, 4) is 11.1 Å². The second kappa shape index (κ2) is 10.6. The highest BCUT2D eigenvalue weighted by Crippen LogP contribution is 2.45. The van der Waals surface area contributed by atoms with E-state index in [4.69, 9.17) is 4.98 Å². The molecule has 1 saturated carbocycles. The van der Waals surface area contributed by atoms with Gasteiger partial charge in [-0.3, -0.25) is 9.48 Å². The number of rotatable bonds is 9. The molecule has 41 heavy (non-hydrogen) atoms. The van der Waals surface area contributed by atoms with E-state index in [2.05, 4.69) is 26.0 Å². The Balaban J connectivity index is 1.34. The van der Waals surface area contributed by atoms with Crippen LogP contribution in [-0.2, 0) is 12.1 Å². The Kier molecular flexibility index (Phi) is 6.96. The average molecular weight is 554 g/mol. The molecule has 1 amide bonds. The topological polar surface area (TPSA) is 137 Å². The van der Waals surface area contributed by atoms with E-state index in [9.17, 15) is 15.0 Å². The molecule has 1 aliphatic heterocycles. The first-order chi connectivity index (χ1) is 19.7. The molecule has 2 aromatic carbocycles. The third-order valence-corrected chi connectivity index (χ3v) is 7.82. The molecular weight excluding hydrogens is 518 g/mol. The van der Waals surface area contributed by atoms with Crippen LogP contribution in [0.2, 0.25) is 0 Å². The summed E-state index contributed by atoms with van der Waals surface area (Å²) in [6.45, 7) is 3.66. The quantitative estimate of drug-likeness (QED) is 0.204. The van der Waals surface area contributed by atoms with Crippen molar-refractivity contribution in [1.82, 2.24) is 25.1 Å². The van der Waals surface area contributed by atoms with Gasteiger partial charge in [0.15, 0.2) is 0 Å². The van der Waals surface area contributed by atoms with Gasteiger partial charge in [0.25, 0.3) is 5.91 Å². The van der Waals surface area contributed by atoms with Crippen molar-refractivity contribution in [3.63, 3.8) is 0 Å². The molecule has 2 aromatic heterocycles. The van der Waals surface area contributed by atoms with Crippen molar-refractivity contribution < 1.29 is 15.0 Å². The molecule has 10 heteroatoms. The number of nitrogens with one attached hydrogen (secondary N) is 3. The number of fused-ring (bicyclic) bond motifs is 2. The van der Waals surface area contributed by atoms with Crippen molar-refractivity contribution in [1.29, 1.82) is 0 Å². The highest BCUT2D eigenvalue weighted by molar-refractivity contribution is 6.00. The molecule has 1 aliphatic carbocycles. The Morgan fingerprint density at radius 2 is 1.88 bits per heavy atom. The zero-order valence-corrected chi connectivity index (χ0v) is 23.3. The summed E-state index contributed by atoms with van der Waals surface area (Å²) in [7, 11) is 0. The minimum Gasteiger partial charge on any atom is -0.394 e. The lowest BCUT2D eigenvalue weighted by Crippen LogP contribution is -2.36. The zero-order valence-electron chi connectivity index (χ0n) is 23.3. The SMILES string of the molecule is CC(C)(O)Cn1cc(-c2cnc(Nc3ccc4c(c3)C3(CCCC3)NC4=O)nc2N[C@H](CO)c2ccccc2)cn1. The number of hydrogen-bond acceptors (Lipinski definition) is 8. The molecule has 6 rings (SSSR count). The highest BCUT2D eigenvalue weighted by Gasteiger charge is 2.44. The molecular formula is C31H35N7O3. The number of carbonyl (C=O) groups is 1. The standard InChI is InChI=1S/C31H35N7O3/c1-30(2,41)19-38-17-21(15-33-38)24-16-32-29(36-27(24)35-26(18-39)20-8-4-3-5-9-20)34-22-10-11-23-25(14-22)31(37-28(23)40)12-6-7-13-31/h3-5,8-11,14-17,26,39,41H,6-7,12-13,18-19H2,1-2H3,(H,37,40)(H2,32,34,35,36)/t26-/m1/s1.